The van der Waals surface area contributed by atoms with Gasteiger partial charge in [0.15, 0.2) is 0 Å². The van der Waals surface area contributed by atoms with Crippen molar-refractivity contribution in [1.29, 1.82) is 0 Å². The van der Waals surface area contributed by atoms with Gasteiger partial charge in [-0.2, -0.15) is 0 Å². The van der Waals surface area contributed by atoms with Gasteiger partial charge in [0, 0.05) is 10.9 Å². The molecule has 20 heavy (non-hydrogen) atoms. The molecule has 3 rings (SSSR count). The molecular weight excluding hydrogens is 257 g/mol. The first-order valence-electron chi connectivity index (χ1n) is 6.22. The number of hydrogen-bond acceptors (Lipinski definition) is 2. The van der Waals surface area contributed by atoms with Crippen LogP contribution in [0.2, 0.25) is 0 Å². The van der Waals surface area contributed by atoms with E-state index in [1.807, 2.05) is 24.3 Å². The Morgan fingerprint density at radius 2 is 1.95 bits per heavy atom. The molecule has 1 aromatic heterocycles. The number of rotatable bonds is 3. The van der Waals surface area contributed by atoms with E-state index in [1.165, 1.54) is 12.1 Å². The average molecular weight is 269 g/mol. The minimum Gasteiger partial charge on any atom is -0.456 e. The number of halogens is 1. The van der Waals surface area contributed by atoms with Crippen molar-refractivity contribution < 1.29 is 13.9 Å². The lowest BCUT2D eigenvalue weighted by Gasteiger charge is -2.03. The third kappa shape index (κ3) is 2.54. The Bertz CT molecular complexity index is 731. The monoisotopic (exact) mass is 269 g/mol. The summed E-state index contributed by atoms with van der Waals surface area (Å²) in [5, 5.41) is 0.949. The van der Waals surface area contributed by atoms with Gasteiger partial charge in [-0.25, -0.2) is 9.18 Å². The molecule has 0 saturated heterocycles. The number of H-pyrrole nitrogens is 1. The highest BCUT2D eigenvalue weighted by molar-refractivity contribution is 5.94. The molecule has 0 saturated carbocycles. The molecule has 0 aliphatic carbocycles. The average Bonchev–Trinajstić information content (AvgIpc) is 2.89. The number of carbonyl (C=O) groups excluding carboxylic acids is 1. The van der Waals surface area contributed by atoms with Crippen LogP contribution in [0.4, 0.5) is 4.39 Å². The highest BCUT2D eigenvalue weighted by Gasteiger charge is 2.10. The number of esters is 1. The summed E-state index contributed by atoms with van der Waals surface area (Å²) in [7, 11) is 0. The highest BCUT2D eigenvalue weighted by atomic mass is 19.1. The summed E-state index contributed by atoms with van der Waals surface area (Å²) in [6.07, 6.45) is 0. The molecule has 2 aromatic carbocycles. The Kier molecular flexibility index (Phi) is 3.21. The second kappa shape index (κ2) is 5.17. The van der Waals surface area contributed by atoms with Crippen molar-refractivity contribution in [2.75, 3.05) is 0 Å². The Labute approximate surface area is 115 Å². The Morgan fingerprint density at radius 3 is 2.75 bits per heavy atom. The van der Waals surface area contributed by atoms with Crippen LogP contribution in [0.1, 0.15) is 16.1 Å². The van der Waals surface area contributed by atoms with Crippen LogP contribution in [-0.2, 0) is 11.3 Å². The maximum Gasteiger partial charge on any atom is 0.355 e. The maximum absolute atomic E-state index is 13.0. The first-order chi connectivity index (χ1) is 9.72. The molecule has 0 spiro atoms. The molecule has 0 aliphatic rings. The number of benzene rings is 2. The molecule has 0 unspecified atom stereocenters. The summed E-state index contributed by atoms with van der Waals surface area (Å²) in [6, 6.07) is 15.3. The fourth-order valence-corrected chi connectivity index (χ4v) is 2.04. The molecule has 1 N–H and O–H groups in total. The highest BCUT2D eigenvalue weighted by Crippen LogP contribution is 2.16. The second-order valence-corrected chi connectivity index (χ2v) is 4.48. The van der Waals surface area contributed by atoms with Gasteiger partial charge in [-0.15, -0.1) is 0 Å². The summed E-state index contributed by atoms with van der Waals surface area (Å²) in [5.74, 6) is -0.797. The quantitative estimate of drug-likeness (QED) is 0.737. The van der Waals surface area contributed by atoms with Crippen molar-refractivity contribution in [2.45, 2.75) is 6.61 Å². The Balaban J connectivity index is 1.73. The number of ether oxygens (including phenoxy) is 1. The molecule has 0 bridgehead atoms. The molecule has 3 nitrogen and oxygen atoms in total. The largest absolute Gasteiger partial charge is 0.456 e. The van der Waals surface area contributed by atoms with E-state index in [0.29, 0.717) is 11.3 Å². The molecular formula is C16H12FNO2. The van der Waals surface area contributed by atoms with Gasteiger partial charge in [0.05, 0.1) is 0 Å². The number of fused-ring (bicyclic) bond motifs is 1. The van der Waals surface area contributed by atoms with Crippen LogP contribution in [0, 0.1) is 5.82 Å². The summed E-state index contributed by atoms with van der Waals surface area (Å²) >= 11 is 0. The van der Waals surface area contributed by atoms with E-state index in [9.17, 15) is 9.18 Å². The fourth-order valence-electron chi connectivity index (χ4n) is 2.04. The third-order valence-electron chi connectivity index (χ3n) is 3.01. The van der Waals surface area contributed by atoms with E-state index in [-0.39, 0.29) is 12.4 Å². The number of aromatic amines is 1. The summed E-state index contributed by atoms with van der Waals surface area (Å²) in [4.78, 5) is 14.9. The van der Waals surface area contributed by atoms with Crippen LogP contribution in [0.15, 0.2) is 54.6 Å². The molecule has 3 aromatic rings. The molecule has 100 valence electrons. The van der Waals surface area contributed by atoms with Gasteiger partial charge in [-0.1, -0.05) is 30.3 Å². The number of aromatic nitrogens is 1. The minimum atomic E-state index is -0.453. The van der Waals surface area contributed by atoms with E-state index in [4.69, 9.17) is 4.74 Å². The lowest BCUT2D eigenvalue weighted by molar-refractivity contribution is 0.0466. The van der Waals surface area contributed by atoms with Gasteiger partial charge < -0.3 is 9.72 Å². The zero-order valence-corrected chi connectivity index (χ0v) is 10.6. The Hall–Kier alpha value is -2.62. The topological polar surface area (TPSA) is 42.1 Å². The standard InChI is InChI=1S/C16H12FNO2/c17-13-6-3-4-11(8-13)10-20-16(19)15-9-12-5-1-2-7-14(12)18-15/h1-9,18H,10H2. The molecule has 1 heterocycles. The Morgan fingerprint density at radius 1 is 1.10 bits per heavy atom. The number of para-hydroxylation sites is 1. The van der Waals surface area contributed by atoms with E-state index < -0.39 is 5.97 Å². The molecule has 4 heteroatoms. The summed E-state index contributed by atoms with van der Waals surface area (Å²) in [5.41, 5.74) is 1.89. The molecule has 0 aliphatic heterocycles. The zero-order chi connectivity index (χ0) is 13.9. The number of hydrogen-bond donors (Lipinski definition) is 1. The second-order valence-electron chi connectivity index (χ2n) is 4.48. The van der Waals surface area contributed by atoms with Gasteiger partial charge in [-0.05, 0) is 29.8 Å². The first kappa shape index (κ1) is 12.4. The van der Waals surface area contributed by atoms with Crippen molar-refractivity contribution in [3.05, 3.63) is 71.7 Å². The lowest BCUT2D eigenvalue weighted by atomic mass is 10.2. The van der Waals surface area contributed by atoms with Crippen LogP contribution in [0.25, 0.3) is 10.9 Å². The normalized spacial score (nSPS) is 10.7. The van der Waals surface area contributed by atoms with Crippen LogP contribution in [0.5, 0.6) is 0 Å². The predicted octanol–water partition coefficient (Wildman–Crippen LogP) is 3.66. The molecule has 0 fully saturated rings. The first-order valence-corrected chi connectivity index (χ1v) is 6.22. The van der Waals surface area contributed by atoms with Crippen LogP contribution < -0.4 is 0 Å². The summed E-state index contributed by atoms with van der Waals surface area (Å²) in [6.45, 7) is 0.0476. The third-order valence-corrected chi connectivity index (χ3v) is 3.01. The number of carbonyl (C=O) groups is 1. The van der Waals surface area contributed by atoms with Gasteiger partial charge >= 0.3 is 5.97 Å². The lowest BCUT2D eigenvalue weighted by Crippen LogP contribution is -2.05. The summed E-state index contributed by atoms with van der Waals surface area (Å²) < 4.78 is 18.2. The van der Waals surface area contributed by atoms with Gasteiger partial charge in [0.1, 0.15) is 18.1 Å². The fraction of sp³-hybridized carbons (Fsp3) is 0.0625. The van der Waals surface area contributed by atoms with Crippen LogP contribution in [-0.4, -0.2) is 11.0 Å². The van der Waals surface area contributed by atoms with Crippen molar-refractivity contribution >= 4 is 16.9 Å². The van der Waals surface area contributed by atoms with E-state index in [0.717, 1.165) is 10.9 Å². The van der Waals surface area contributed by atoms with Crippen molar-refractivity contribution in [2.24, 2.45) is 0 Å². The van der Waals surface area contributed by atoms with E-state index in [1.54, 1.807) is 18.2 Å². The number of nitrogens with one attached hydrogen (secondary N) is 1. The molecule has 0 amide bonds. The smallest absolute Gasteiger partial charge is 0.355 e. The molecule has 0 atom stereocenters. The maximum atomic E-state index is 13.0. The minimum absolute atomic E-state index is 0.0476. The molecule has 0 radical (unpaired) electrons. The van der Waals surface area contributed by atoms with Crippen LogP contribution >= 0.6 is 0 Å². The van der Waals surface area contributed by atoms with E-state index in [2.05, 4.69) is 4.98 Å². The zero-order valence-electron chi connectivity index (χ0n) is 10.6. The predicted molar refractivity (Wildman–Crippen MR) is 73.8 cm³/mol. The van der Waals surface area contributed by atoms with Gasteiger partial charge in [-0.3, -0.25) is 0 Å². The van der Waals surface area contributed by atoms with Gasteiger partial charge in [0.2, 0.25) is 0 Å². The van der Waals surface area contributed by atoms with Crippen molar-refractivity contribution in [3.63, 3.8) is 0 Å². The SMILES string of the molecule is O=C(OCc1cccc(F)c1)c1cc2ccccc2[nH]1. The van der Waals surface area contributed by atoms with Crippen molar-refractivity contribution in [3.8, 4) is 0 Å². The van der Waals surface area contributed by atoms with E-state index >= 15 is 0 Å². The van der Waals surface area contributed by atoms with Crippen molar-refractivity contribution in [1.82, 2.24) is 4.98 Å². The van der Waals surface area contributed by atoms with Gasteiger partial charge in [0.25, 0.3) is 0 Å². The van der Waals surface area contributed by atoms with Crippen LogP contribution in [0.3, 0.4) is 0 Å².